The van der Waals surface area contributed by atoms with Crippen LogP contribution >= 0.6 is 0 Å². The van der Waals surface area contributed by atoms with Gasteiger partial charge in [0.05, 0.1) is 0 Å². The number of rotatable bonds is 8. The average Bonchev–Trinajstić information content (AvgIpc) is 2.69. The molecule has 1 saturated heterocycles. The number of piperidine rings is 1. The van der Waals surface area contributed by atoms with Crippen molar-refractivity contribution >= 4 is 17.6 Å². The third-order valence-corrected chi connectivity index (χ3v) is 5.29. The minimum absolute atomic E-state index is 0.0273. The number of benzene rings is 1. The van der Waals surface area contributed by atoms with Crippen LogP contribution in [0.5, 0.6) is 0 Å². The van der Waals surface area contributed by atoms with Gasteiger partial charge in [0.25, 0.3) is 0 Å². The zero-order valence-electron chi connectivity index (χ0n) is 16.2. The van der Waals surface area contributed by atoms with Crippen molar-refractivity contribution in [1.29, 1.82) is 0 Å². The lowest BCUT2D eigenvalue weighted by atomic mass is 9.95. The summed E-state index contributed by atoms with van der Waals surface area (Å²) in [7, 11) is 0. The predicted molar refractivity (Wildman–Crippen MR) is 106 cm³/mol. The first-order valence-electron chi connectivity index (χ1n) is 10.0. The van der Waals surface area contributed by atoms with E-state index in [4.69, 9.17) is 0 Å². The number of hydrogen-bond donors (Lipinski definition) is 2. The van der Waals surface area contributed by atoms with Gasteiger partial charge in [-0.1, -0.05) is 51.3 Å². The number of carbonyl (C=O) groups excluding carboxylic acids is 2. The molecule has 1 aliphatic rings. The number of amides is 3. The summed E-state index contributed by atoms with van der Waals surface area (Å²) in [5, 5.41) is 6.05. The van der Waals surface area contributed by atoms with Gasteiger partial charge in [0.2, 0.25) is 5.91 Å². The van der Waals surface area contributed by atoms with Crippen LogP contribution in [0.3, 0.4) is 0 Å². The summed E-state index contributed by atoms with van der Waals surface area (Å²) >= 11 is 0. The summed E-state index contributed by atoms with van der Waals surface area (Å²) in [6.45, 7) is 6.43. The first kappa shape index (κ1) is 20.3. The summed E-state index contributed by atoms with van der Waals surface area (Å²) in [5.41, 5.74) is 0.801. The Morgan fingerprint density at radius 1 is 1.15 bits per heavy atom. The fraction of sp³-hybridized carbons (Fsp3) is 0.619. The van der Waals surface area contributed by atoms with Gasteiger partial charge in [-0.25, -0.2) is 4.79 Å². The third-order valence-electron chi connectivity index (χ3n) is 5.29. The molecule has 1 aromatic carbocycles. The molecule has 0 aromatic heterocycles. The summed E-state index contributed by atoms with van der Waals surface area (Å²) < 4.78 is 0. The van der Waals surface area contributed by atoms with Crippen LogP contribution in [0.2, 0.25) is 0 Å². The Morgan fingerprint density at radius 3 is 2.46 bits per heavy atom. The number of likely N-dealkylation sites (tertiary alicyclic amines) is 1. The van der Waals surface area contributed by atoms with E-state index in [2.05, 4.69) is 24.5 Å². The molecule has 1 aliphatic heterocycles. The maximum atomic E-state index is 12.4. The molecule has 1 aromatic rings. The molecule has 3 amide bonds. The smallest absolute Gasteiger partial charge is 0.321 e. The first-order valence-corrected chi connectivity index (χ1v) is 10.0. The summed E-state index contributed by atoms with van der Waals surface area (Å²) in [6, 6.07) is 9.39. The van der Waals surface area contributed by atoms with Crippen LogP contribution in [-0.2, 0) is 4.79 Å². The van der Waals surface area contributed by atoms with Gasteiger partial charge in [-0.3, -0.25) is 4.79 Å². The Balaban J connectivity index is 1.71. The van der Waals surface area contributed by atoms with E-state index in [0.29, 0.717) is 19.0 Å². The number of nitrogens with zero attached hydrogens (tertiary/aromatic N) is 1. The zero-order chi connectivity index (χ0) is 18.8. The van der Waals surface area contributed by atoms with Crippen molar-refractivity contribution < 1.29 is 9.59 Å². The Morgan fingerprint density at radius 2 is 1.85 bits per heavy atom. The standard InChI is InChI=1S/C21H33N3O2/c1-3-5-9-17(4-2)16-22-20(25)18-12-14-24(15-13-18)21(26)23-19-10-7-6-8-11-19/h6-8,10-11,17-18H,3-5,9,12-16H2,1-2H3,(H,22,25)(H,23,26). The van der Waals surface area contributed by atoms with Crippen molar-refractivity contribution in [2.45, 2.75) is 52.4 Å². The van der Waals surface area contributed by atoms with Crippen LogP contribution in [-0.4, -0.2) is 36.5 Å². The average molecular weight is 360 g/mol. The van der Waals surface area contributed by atoms with Gasteiger partial charge in [-0.05, 0) is 37.3 Å². The fourth-order valence-electron chi connectivity index (χ4n) is 3.40. The summed E-state index contributed by atoms with van der Waals surface area (Å²) in [4.78, 5) is 26.5. The van der Waals surface area contributed by atoms with Crippen LogP contribution in [0, 0.1) is 11.8 Å². The van der Waals surface area contributed by atoms with E-state index in [0.717, 1.165) is 31.5 Å². The molecule has 2 rings (SSSR count). The van der Waals surface area contributed by atoms with Crippen molar-refractivity contribution in [2.75, 3.05) is 25.0 Å². The van der Waals surface area contributed by atoms with Crippen LogP contribution < -0.4 is 10.6 Å². The lowest BCUT2D eigenvalue weighted by Crippen LogP contribution is -2.45. The quantitative estimate of drug-likeness (QED) is 0.728. The van der Waals surface area contributed by atoms with Gasteiger partial charge in [-0.15, -0.1) is 0 Å². The van der Waals surface area contributed by atoms with Gasteiger partial charge in [0.15, 0.2) is 0 Å². The molecule has 0 saturated carbocycles. The minimum Gasteiger partial charge on any atom is -0.356 e. The molecular weight excluding hydrogens is 326 g/mol. The molecule has 0 radical (unpaired) electrons. The SMILES string of the molecule is CCCCC(CC)CNC(=O)C1CCN(C(=O)Nc2ccccc2)CC1. The number of nitrogens with one attached hydrogen (secondary N) is 2. The summed E-state index contributed by atoms with van der Waals surface area (Å²) in [5.74, 6) is 0.762. The van der Waals surface area contributed by atoms with E-state index < -0.39 is 0 Å². The second-order valence-electron chi connectivity index (χ2n) is 7.22. The van der Waals surface area contributed by atoms with Crippen LogP contribution in [0.4, 0.5) is 10.5 Å². The number of hydrogen-bond acceptors (Lipinski definition) is 2. The Bertz CT molecular complexity index is 554. The van der Waals surface area contributed by atoms with Gasteiger partial charge in [0, 0.05) is 31.2 Å². The highest BCUT2D eigenvalue weighted by Gasteiger charge is 2.27. The third kappa shape index (κ3) is 6.36. The Kier molecular flexibility index (Phi) is 8.45. The van der Waals surface area contributed by atoms with E-state index in [1.165, 1.54) is 19.3 Å². The van der Waals surface area contributed by atoms with Gasteiger partial charge >= 0.3 is 6.03 Å². The highest BCUT2D eigenvalue weighted by Crippen LogP contribution is 2.19. The molecule has 1 atom stereocenters. The predicted octanol–water partition coefficient (Wildman–Crippen LogP) is 4.26. The molecule has 144 valence electrons. The normalized spacial score (nSPS) is 16.2. The van der Waals surface area contributed by atoms with Crippen LogP contribution in [0.1, 0.15) is 52.4 Å². The van der Waals surface area contributed by atoms with Gasteiger partial charge in [-0.2, -0.15) is 0 Å². The van der Waals surface area contributed by atoms with Crippen molar-refractivity contribution in [2.24, 2.45) is 11.8 Å². The molecule has 5 nitrogen and oxygen atoms in total. The van der Waals surface area contributed by atoms with Gasteiger partial charge in [0.1, 0.15) is 0 Å². The molecule has 0 aliphatic carbocycles. The molecule has 1 fully saturated rings. The van der Waals surface area contributed by atoms with Crippen molar-refractivity contribution in [3.05, 3.63) is 30.3 Å². The molecule has 5 heteroatoms. The summed E-state index contributed by atoms with van der Waals surface area (Å²) in [6.07, 6.45) is 6.20. The van der Waals surface area contributed by atoms with E-state index >= 15 is 0 Å². The fourth-order valence-corrected chi connectivity index (χ4v) is 3.40. The van der Waals surface area contributed by atoms with Crippen molar-refractivity contribution in [1.82, 2.24) is 10.2 Å². The Labute approximate surface area is 157 Å². The molecule has 1 unspecified atom stereocenters. The highest BCUT2D eigenvalue weighted by molar-refractivity contribution is 5.89. The van der Waals surface area contributed by atoms with Crippen LogP contribution in [0.25, 0.3) is 0 Å². The minimum atomic E-state index is -0.0827. The number of carbonyl (C=O) groups is 2. The topological polar surface area (TPSA) is 61.4 Å². The maximum Gasteiger partial charge on any atom is 0.321 e. The maximum absolute atomic E-state index is 12.4. The molecule has 2 N–H and O–H groups in total. The number of para-hydroxylation sites is 1. The molecule has 1 heterocycles. The Hall–Kier alpha value is -2.04. The van der Waals surface area contributed by atoms with E-state index in [1.54, 1.807) is 4.90 Å². The van der Waals surface area contributed by atoms with E-state index in [9.17, 15) is 9.59 Å². The van der Waals surface area contributed by atoms with Crippen molar-refractivity contribution in [3.8, 4) is 0 Å². The second-order valence-corrected chi connectivity index (χ2v) is 7.22. The van der Waals surface area contributed by atoms with Crippen LogP contribution in [0.15, 0.2) is 30.3 Å². The lowest BCUT2D eigenvalue weighted by Gasteiger charge is -2.31. The first-order chi connectivity index (χ1) is 12.6. The highest BCUT2D eigenvalue weighted by atomic mass is 16.2. The second kappa shape index (κ2) is 10.8. The zero-order valence-corrected chi connectivity index (χ0v) is 16.2. The molecule has 26 heavy (non-hydrogen) atoms. The number of urea groups is 1. The molecular formula is C21H33N3O2. The largest absolute Gasteiger partial charge is 0.356 e. The number of unbranched alkanes of at least 4 members (excludes halogenated alkanes) is 1. The van der Waals surface area contributed by atoms with Gasteiger partial charge < -0.3 is 15.5 Å². The van der Waals surface area contributed by atoms with E-state index in [1.807, 2.05) is 30.3 Å². The number of anilines is 1. The van der Waals surface area contributed by atoms with E-state index in [-0.39, 0.29) is 17.9 Å². The lowest BCUT2D eigenvalue weighted by molar-refractivity contribution is -0.126. The van der Waals surface area contributed by atoms with Crippen molar-refractivity contribution in [3.63, 3.8) is 0 Å². The molecule has 0 spiro atoms. The molecule has 0 bridgehead atoms. The monoisotopic (exact) mass is 359 g/mol.